The Kier molecular flexibility index (Phi) is 7.93. The largest absolute Gasteiger partial charge is 0.459 e. The summed E-state index contributed by atoms with van der Waals surface area (Å²) in [7, 11) is 0. The normalized spacial score (nSPS) is 10.9. The van der Waals surface area contributed by atoms with E-state index in [9.17, 15) is 9.59 Å². The maximum absolute atomic E-state index is 12.6. The topological polar surface area (TPSA) is 86.1 Å². The van der Waals surface area contributed by atoms with E-state index in [-0.39, 0.29) is 17.8 Å². The SMILES string of the molecule is CCn1c(SCC(=O)Nc2cc(C(=O)OC(C)C)ccc2Cl)nnc1-c1ccccc1C. The molecule has 0 aliphatic rings. The van der Waals surface area contributed by atoms with Crippen LogP contribution in [0.3, 0.4) is 0 Å². The fraction of sp³-hybridized carbons (Fsp3) is 0.304. The maximum atomic E-state index is 12.6. The molecule has 0 aliphatic heterocycles. The van der Waals surface area contributed by atoms with Gasteiger partial charge in [0.05, 0.1) is 28.1 Å². The molecule has 0 saturated carbocycles. The summed E-state index contributed by atoms with van der Waals surface area (Å²) in [6.07, 6.45) is -0.242. The lowest BCUT2D eigenvalue weighted by molar-refractivity contribution is -0.113. The molecular weight excluding hydrogens is 448 g/mol. The number of carbonyl (C=O) groups is 2. The molecule has 168 valence electrons. The molecule has 1 heterocycles. The molecule has 1 aromatic heterocycles. The predicted molar refractivity (Wildman–Crippen MR) is 127 cm³/mol. The molecule has 1 N–H and O–H groups in total. The first kappa shape index (κ1) is 23.8. The number of amides is 1. The zero-order valence-corrected chi connectivity index (χ0v) is 20.0. The summed E-state index contributed by atoms with van der Waals surface area (Å²) in [5.74, 6) is 0.145. The Morgan fingerprint density at radius 3 is 2.62 bits per heavy atom. The summed E-state index contributed by atoms with van der Waals surface area (Å²) in [4.78, 5) is 24.7. The number of ether oxygens (including phenoxy) is 1. The van der Waals surface area contributed by atoms with E-state index in [2.05, 4.69) is 15.5 Å². The van der Waals surface area contributed by atoms with Gasteiger partial charge in [0.2, 0.25) is 5.91 Å². The molecular formula is C23H25ClN4O3S. The van der Waals surface area contributed by atoms with Gasteiger partial charge in [0.15, 0.2) is 11.0 Å². The monoisotopic (exact) mass is 472 g/mol. The molecule has 1 amide bonds. The number of nitrogens with zero attached hydrogens (tertiary/aromatic N) is 3. The van der Waals surface area contributed by atoms with Crippen LogP contribution in [0, 0.1) is 6.92 Å². The zero-order chi connectivity index (χ0) is 23.3. The van der Waals surface area contributed by atoms with Gasteiger partial charge >= 0.3 is 5.97 Å². The van der Waals surface area contributed by atoms with E-state index in [0.29, 0.717) is 28.0 Å². The molecule has 0 saturated heterocycles. The molecule has 3 rings (SSSR count). The van der Waals surface area contributed by atoms with Gasteiger partial charge in [0, 0.05) is 12.1 Å². The zero-order valence-electron chi connectivity index (χ0n) is 18.4. The number of aryl methyl sites for hydroxylation is 1. The van der Waals surface area contributed by atoms with Crippen LogP contribution in [0.15, 0.2) is 47.6 Å². The van der Waals surface area contributed by atoms with Gasteiger partial charge in [0.25, 0.3) is 0 Å². The standard InChI is InChI=1S/C23H25ClN4O3S/c1-5-28-21(17-9-7-6-8-15(17)4)26-27-23(28)32-13-20(29)25-19-12-16(10-11-18(19)24)22(30)31-14(2)3/h6-12,14H,5,13H2,1-4H3,(H,25,29). The Balaban J connectivity index is 1.70. The molecule has 7 nitrogen and oxygen atoms in total. The third-order valence-electron chi connectivity index (χ3n) is 4.57. The van der Waals surface area contributed by atoms with Gasteiger partial charge in [-0.25, -0.2) is 4.79 Å². The molecule has 0 spiro atoms. The van der Waals surface area contributed by atoms with Crippen LogP contribution < -0.4 is 5.32 Å². The van der Waals surface area contributed by atoms with Crippen LogP contribution in [0.2, 0.25) is 5.02 Å². The van der Waals surface area contributed by atoms with Crippen LogP contribution in [0.4, 0.5) is 5.69 Å². The van der Waals surface area contributed by atoms with E-state index in [0.717, 1.165) is 17.0 Å². The minimum atomic E-state index is -0.471. The number of nitrogens with one attached hydrogen (secondary N) is 1. The van der Waals surface area contributed by atoms with E-state index in [1.165, 1.54) is 17.8 Å². The second-order valence-corrected chi connectivity index (χ2v) is 8.70. The van der Waals surface area contributed by atoms with Crippen molar-refractivity contribution in [2.45, 2.75) is 45.5 Å². The highest BCUT2D eigenvalue weighted by Crippen LogP contribution is 2.27. The molecule has 0 aliphatic carbocycles. The van der Waals surface area contributed by atoms with Crippen molar-refractivity contribution in [2.75, 3.05) is 11.1 Å². The molecule has 32 heavy (non-hydrogen) atoms. The Bertz CT molecular complexity index is 1130. The number of benzene rings is 2. The summed E-state index contributed by atoms with van der Waals surface area (Å²) < 4.78 is 7.18. The molecule has 0 atom stereocenters. The highest BCUT2D eigenvalue weighted by molar-refractivity contribution is 7.99. The van der Waals surface area contributed by atoms with Crippen molar-refractivity contribution in [1.29, 1.82) is 0 Å². The number of carbonyl (C=O) groups excluding carboxylic acids is 2. The third-order valence-corrected chi connectivity index (χ3v) is 5.87. The van der Waals surface area contributed by atoms with Gasteiger partial charge in [-0.15, -0.1) is 10.2 Å². The van der Waals surface area contributed by atoms with Gasteiger partial charge in [-0.05, 0) is 51.5 Å². The quantitative estimate of drug-likeness (QED) is 0.357. The molecule has 9 heteroatoms. The average Bonchev–Trinajstić information content (AvgIpc) is 3.16. The Morgan fingerprint density at radius 2 is 1.94 bits per heavy atom. The van der Waals surface area contributed by atoms with E-state index in [4.69, 9.17) is 16.3 Å². The first-order valence-corrected chi connectivity index (χ1v) is 11.6. The summed E-state index contributed by atoms with van der Waals surface area (Å²) in [6.45, 7) is 8.25. The van der Waals surface area contributed by atoms with Crippen LogP contribution in [-0.4, -0.2) is 38.5 Å². The summed E-state index contributed by atoms with van der Waals surface area (Å²) in [5, 5.41) is 12.4. The number of thioether (sulfide) groups is 1. The fourth-order valence-corrected chi connectivity index (χ4v) is 4.02. The van der Waals surface area contributed by atoms with Crippen LogP contribution >= 0.6 is 23.4 Å². The van der Waals surface area contributed by atoms with Crippen molar-refractivity contribution in [3.63, 3.8) is 0 Å². The van der Waals surface area contributed by atoms with Crippen molar-refractivity contribution >= 4 is 40.9 Å². The highest BCUT2D eigenvalue weighted by atomic mass is 35.5. The summed E-state index contributed by atoms with van der Waals surface area (Å²) in [6, 6.07) is 12.6. The highest BCUT2D eigenvalue weighted by Gasteiger charge is 2.17. The van der Waals surface area contributed by atoms with Gasteiger partial charge < -0.3 is 14.6 Å². The van der Waals surface area contributed by atoms with Crippen molar-refractivity contribution < 1.29 is 14.3 Å². The number of hydrogen-bond donors (Lipinski definition) is 1. The number of halogens is 1. The number of hydrogen-bond acceptors (Lipinski definition) is 6. The number of anilines is 1. The lowest BCUT2D eigenvalue weighted by Gasteiger charge is -2.11. The van der Waals surface area contributed by atoms with Crippen molar-refractivity contribution in [1.82, 2.24) is 14.8 Å². The molecule has 0 unspecified atom stereocenters. The van der Waals surface area contributed by atoms with Crippen LogP contribution in [-0.2, 0) is 16.1 Å². The smallest absolute Gasteiger partial charge is 0.338 e. The fourth-order valence-electron chi connectivity index (χ4n) is 3.05. The van der Waals surface area contributed by atoms with Crippen LogP contribution in [0.1, 0.15) is 36.7 Å². The summed E-state index contributed by atoms with van der Waals surface area (Å²) >= 11 is 7.49. The summed E-state index contributed by atoms with van der Waals surface area (Å²) in [5.41, 5.74) is 2.79. The van der Waals surface area contributed by atoms with Gasteiger partial charge in [-0.1, -0.05) is 47.6 Å². The minimum absolute atomic E-state index is 0.114. The van der Waals surface area contributed by atoms with Crippen molar-refractivity contribution in [2.24, 2.45) is 0 Å². The van der Waals surface area contributed by atoms with Gasteiger partial charge in [0.1, 0.15) is 0 Å². The second-order valence-electron chi connectivity index (χ2n) is 7.35. The van der Waals surface area contributed by atoms with Gasteiger partial charge in [-0.2, -0.15) is 0 Å². The molecule has 0 fully saturated rings. The van der Waals surface area contributed by atoms with E-state index in [1.54, 1.807) is 26.0 Å². The van der Waals surface area contributed by atoms with Crippen molar-refractivity contribution in [3.8, 4) is 11.4 Å². The Hall–Kier alpha value is -2.84. The Morgan fingerprint density at radius 1 is 1.19 bits per heavy atom. The molecule has 2 aromatic carbocycles. The number of aromatic nitrogens is 3. The maximum Gasteiger partial charge on any atom is 0.338 e. The van der Waals surface area contributed by atoms with Crippen molar-refractivity contribution in [3.05, 3.63) is 58.6 Å². The third kappa shape index (κ3) is 5.69. The first-order valence-electron chi connectivity index (χ1n) is 10.2. The molecule has 0 radical (unpaired) electrons. The Labute approximate surface area is 196 Å². The van der Waals surface area contributed by atoms with Crippen LogP contribution in [0.25, 0.3) is 11.4 Å². The average molecular weight is 473 g/mol. The second kappa shape index (κ2) is 10.7. The number of esters is 1. The van der Waals surface area contributed by atoms with Gasteiger partial charge in [-0.3, -0.25) is 4.79 Å². The van der Waals surface area contributed by atoms with E-state index >= 15 is 0 Å². The first-order chi connectivity index (χ1) is 15.3. The van der Waals surface area contributed by atoms with Crippen LogP contribution in [0.5, 0.6) is 0 Å². The minimum Gasteiger partial charge on any atom is -0.459 e. The molecule has 0 bridgehead atoms. The lowest BCUT2D eigenvalue weighted by atomic mass is 10.1. The van der Waals surface area contributed by atoms with E-state index in [1.807, 2.05) is 42.7 Å². The predicted octanol–water partition coefficient (Wildman–Crippen LogP) is 5.22. The number of rotatable bonds is 8. The molecule has 3 aromatic rings. The van der Waals surface area contributed by atoms with E-state index < -0.39 is 5.97 Å². The lowest BCUT2D eigenvalue weighted by Crippen LogP contribution is -2.16.